The van der Waals surface area contributed by atoms with Crippen molar-refractivity contribution in [2.24, 2.45) is 11.8 Å². The van der Waals surface area contributed by atoms with Crippen LogP contribution in [0.15, 0.2) is 53.1 Å². The fourth-order valence-electron chi connectivity index (χ4n) is 7.66. The number of aromatic nitrogens is 1. The highest BCUT2D eigenvalue weighted by atomic mass is 16.6. The predicted molar refractivity (Wildman–Crippen MR) is 179 cm³/mol. The number of carbonyl (C=O) groups excluding carboxylic acids is 2. The molecule has 9 nitrogen and oxygen atoms in total. The van der Waals surface area contributed by atoms with Crippen LogP contribution in [-0.4, -0.2) is 65.9 Å². The fraction of sp³-hybridized carbons (Fsp3) is 0.553. The zero-order chi connectivity index (χ0) is 32.5. The summed E-state index contributed by atoms with van der Waals surface area (Å²) in [5.74, 6) is 3.15. The highest BCUT2D eigenvalue weighted by Crippen LogP contribution is 2.41. The van der Waals surface area contributed by atoms with Gasteiger partial charge in [0.15, 0.2) is 5.89 Å². The zero-order valence-corrected chi connectivity index (χ0v) is 27.6. The number of nitrogens with zero attached hydrogens (tertiary/aromatic N) is 3. The number of aryl methyl sites for hydroxylation is 1. The van der Waals surface area contributed by atoms with Gasteiger partial charge in [-0.25, -0.2) is 9.78 Å². The molecule has 3 aromatic rings. The number of aliphatic hydroxyl groups excluding tert-OH is 1. The van der Waals surface area contributed by atoms with Crippen LogP contribution in [0.3, 0.4) is 0 Å². The highest BCUT2D eigenvalue weighted by Gasteiger charge is 2.36. The largest absolute Gasteiger partial charge is 0.496 e. The van der Waals surface area contributed by atoms with Gasteiger partial charge in [0.05, 0.1) is 26.3 Å². The number of methoxy groups -OCH3 is 1. The third-order valence-corrected chi connectivity index (χ3v) is 10.8. The predicted octanol–water partition coefficient (Wildman–Crippen LogP) is 7.21. The number of β-amino-alcohol motifs (C(OH)–C–C–N with tert-alkyl or cyclic N) is 1. The first-order chi connectivity index (χ1) is 22.8. The zero-order valence-electron chi connectivity index (χ0n) is 27.6. The lowest BCUT2D eigenvalue weighted by atomic mass is 9.78. The minimum Gasteiger partial charge on any atom is -0.496 e. The molecule has 2 aromatic carbocycles. The topological polar surface area (TPSA) is 105 Å². The summed E-state index contributed by atoms with van der Waals surface area (Å²) in [7, 11) is 1.72. The van der Waals surface area contributed by atoms with E-state index in [1.165, 1.54) is 16.0 Å². The van der Waals surface area contributed by atoms with E-state index in [1.807, 2.05) is 23.1 Å². The number of oxazole rings is 1. The van der Waals surface area contributed by atoms with E-state index in [0.717, 1.165) is 67.1 Å². The van der Waals surface area contributed by atoms with Gasteiger partial charge in [0.1, 0.15) is 23.8 Å². The molecule has 7 rings (SSSR count). The quantitative estimate of drug-likeness (QED) is 0.263. The summed E-state index contributed by atoms with van der Waals surface area (Å²) in [6, 6.07) is 14.7. The van der Waals surface area contributed by atoms with Gasteiger partial charge < -0.3 is 28.8 Å². The standard InChI is InChI=1S/C38H47N3O6/c1-24-18-29(14-17-35(24)45-2)26-8-6-25(7-9-26)20-41(31-5-3-4-30(19-31)34-23-46-36(39-34)27-10-11-27)37(43)28-12-15-33(16-13-28)47-38(44)40-21-32(42)22-40/h3-5,14,17-19,23,25-28,32-33,42H,6-13,15-16,20-22H2,1-2H3/t25-,26-,28-,33-. The molecule has 4 aliphatic rings. The molecule has 1 aromatic heterocycles. The molecule has 0 bridgehead atoms. The number of rotatable bonds is 9. The van der Waals surface area contributed by atoms with E-state index in [-0.39, 0.29) is 24.0 Å². The van der Waals surface area contributed by atoms with Gasteiger partial charge in [-0.2, -0.15) is 0 Å². The summed E-state index contributed by atoms with van der Waals surface area (Å²) >= 11 is 0. The maximum atomic E-state index is 14.4. The van der Waals surface area contributed by atoms with E-state index in [1.54, 1.807) is 13.4 Å². The maximum Gasteiger partial charge on any atom is 0.410 e. The van der Waals surface area contributed by atoms with E-state index in [4.69, 9.17) is 18.9 Å². The van der Waals surface area contributed by atoms with E-state index >= 15 is 0 Å². The minimum absolute atomic E-state index is 0.119. The molecule has 9 heteroatoms. The Morgan fingerprint density at radius 2 is 1.70 bits per heavy atom. The van der Waals surface area contributed by atoms with E-state index in [0.29, 0.717) is 63.1 Å². The molecular formula is C38H47N3O6. The van der Waals surface area contributed by atoms with Crippen molar-refractivity contribution >= 4 is 17.7 Å². The molecule has 1 saturated heterocycles. The van der Waals surface area contributed by atoms with Crippen LogP contribution in [0.25, 0.3) is 11.3 Å². The smallest absolute Gasteiger partial charge is 0.410 e. The van der Waals surface area contributed by atoms with E-state index < -0.39 is 6.10 Å². The number of hydrogen-bond acceptors (Lipinski definition) is 7. The van der Waals surface area contributed by atoms with E-state index in [9.17, 15) is 14.7 Å². The third kappa shape index (κ3) is 7.20. The number of ether oxygens (including phenoxy) is 2. The van der Waals surface area contributed by atoms with E-state index in [2.05, 4.69) is 31.2 Å². The van der Waals surface area contributed by atoms with Crippen molar-refractivity contribution in [3.8, 4) is 17.0 Å². The molecular weight excluding hydrogens is 594 g/mol. The average Bonchev–Trinajstić information content (AvgIpc) is 3.81. The molecule has 0 unspecified atom stereocenters. The lowest BCUT2D eigenvalue weighted by Crippen LogP contribution is -2.54. The van der Waals surface area contributed by atoms with Gasteiger partial charge in [0.2, 0.25) is 5.91 Å². The van der Waals surface area contributed by atoms with Crippen LogP contribution in [0.4, 0.5) is 10.5 Å². The van der Waals surface area contributed by atoms with Crippen LogP contribution >= 0.6 is 0 Å². The number of hydrogen-bond donors (Lipinski definition) is 1. The Bertz CT molecular complexity index is 1560. The lowest BCUT2D eigenvalue weighted by molar-refractivity contribution is -0.124. The van der Waals surface area contributed by atoms with Crippen LogP contribution in [0.1, 0.15) is 93.1 Å². The summed E-state index contributed by atoms with van der Waals surface area (Å²) < 4.78 is 17.0. The van der Waals surface area contributed by atoms with Crippen molar-refractivity contribution in [1.82, 2.24) is 9.88 Å². The second kappa shape index (κ2) is 13.7. The van der Waals surface area contributed by atoms with Gasteiger partial charge in [-0.05, 0) is 112 Å². The van der Waals surface area contributed by atoms with Crippen molar-refractivity contribution in [3.05, 3.63) is 65.7 Å². The lowest BCUT2D eigenvalue weighted by Gasteiger charge is -2.38. The first-order valence-corrected chi connectivity index (χ1v) is 17.5. The van der Waals surface area contributed by atoms with Gasteiger partial charge in [-0.1, -0.05) is 24.3 Å². The van der Waals surface area contributed by atoms with Gasteiger partial charge in [0.25, 0.3) is 0 Å². The number of amides is 2. The van der Waals surface area contributed by atoms with Crippen LogP contribution in [0, 0.1) is 18.8 Å². The normalized spacial score (nSPS) is 24.8. The van der Waals surface area contributed by atoms with Crippen molar-refractivity contribution in [3.63, 3.8) is 0 Å². The number of aliphatic hydroxyl groups is 1. The summed E-state index contributed by atoms with van der Waals surface area (Å²) in [4.78, 5) is 35.1. The second-order valence-corrected chi connectivity index (χ2v) is 14.2. The molecule has 0 spiro atoms. The molecule has 1 aliphatic heterocycles. The van der Waals surface area contributed by atoms with Crippen molar-refractivity contribution < 1.29 is 28.6 Å². The Balaban J connectivity index is 1.04. The van der Waals surface area contributed by atoms with Crippen LogP contribution < -0.4 is 9.64 Å². The number of carbonyl (C=O) groups is 2. The molecule has 4 fully saturated rings. The monoisotopic (exact) mass is 641 g/mol. The van der Waals surface area contributed by atoms with Crippen molar-refractivity contribution in [2.45, 2.75) is 95.2 Å². The average molecular weight is 642 g/mol. The number of anilines is 1. The third-order valence-electron chi connectivity index (χ3n) is 10.8. The minimum atomic E-state index is -0.452. The van der Waals surface area contributed by atoms with Gasteiger partial charge in [-0.3, -0.25) is 4.79 Å². The second-order valence-electron chi connectivity index (χ2n) is 14.2. The van der Waals surface area contributed by atoms with Gasteiger partial charge in [-0.15, -0.1) is 0 Å². The van der Waals surface area contributed by atoms with Crippen LogP contribution in [-0.2, 0) is 9.53 Å². The fourth-order valence-corrected chi connectivity index (χ4v) is 7.66. The molecule has 1 N–H and O–H groups in total. The molecule has 47 heavy (non-hydrogen) atoms. The summed E-state index contributed by atoms with van der Waals surface area (Å²) in [6.45, 7) is 3.46. The molecule has 0 atom stereocenters. The van der Waals surface area contributed by atoms with Gasteiger partial charge in [0, 0.05) is 29.6 Å². The Hall–Kier alpha value is -3.85. The van der Waals surface area contributed by atoms with Crippen LogP contribution in [0.2, 0.25) is 0 Å². The molecule has 0 radical (unpaired) electrons. The van der Waals surface area contributed by atoms with Gasteiger partial charge >= 0.3 is 6.09 Å². The molecule has 3 aliphatic carbocycles. The molecule has 3 saturated carbocycles. The Kier molecular flexibility index (Phi) is 9.26. The molecule has 250 valence electrons. The number of likely N-dealkylation sites (tertiary alicyclic amines) is 1. The number of benzene rings is 2. The molecule has 2 amide bonds. The summed E-state index contributed by atoms with van der Waals surface area (Å²) in [5.41, 5.74) is 5.23. The first-order valence-electron chi connectivity index (χ1n) is 17.5. The Morgan fingerprint density at radius 1 is 0.957 bits per heavy atom. The SMILES string of the molecule is COc1ccc([C@H]2CC[C@H](CN(c3cccc(-c4coc(C5CC5)n4)c3)C(=O)[C@H]3CC[C@H](OC(=O)N4CC(O)C4)CC3)CC2)cc1C. The Labute approximate surface area is 277 Å². The molecule has 2 heterocycles. The first kappa shape index (κ1) is 31.7. The van der Waals surface area contributed by atoms with Crippen LogP contribution in [0.5, 0.6) is 5.75 Å². The van der Waals surface area contributed by atoms with Crippen molar-refractivity contribution in [1.29, 1.82) is 0 Å². The maximum absolute atomic E-state index is 14.4. The van der Waals surface area contributed by atoms with Crippen molar-refractivity contribution in [2.75, 3.05) is 31.6 Å². The Morgan fingerprint density at radius 3 is 2.38 bits per heavy atom. The summed E-state index contributed by atoms with van der Waals surface area (Å²) in [5, 5.41) is 9.53. The highest BCUT2D eigenvalue weighted by molar-refractivity contribution is 5.95. The summed E-state index contributed by atoms with van der Waals surface area (Å²) in [6.07, 6.45) is 10.1.